The number of hydrogen-bond acceptors (Lipinski definition) is 2. The van der Waals surface area contributed by atoms with E-state index in [9.17, 15) is 10.1 Å². The smallest absolute Gasteiger partial charge is 0.243 e. The van der Waals surface area contributed by atoms with E-state index in [1.165, 1.54) is 16.7 Å². The zero-order valence-corrected chi connectivity index (χ0v) is 14.2. The highest BCUT2D eigenvalue weighted by atomic mass is 16.6. The monoisotopic (exact) mass is 289 g/mol. The maximum Gasteiger partial charge on any atom is 0.243 e. The number of nitrogens with zero attached hydrogens (tertiary/aromatic N) is 1. The van der Waals surface area contributed by atoms with Crippen molar-refractivity contribution in [3.8, 4) is 0 Å². The minimum absolute atomic E-state index is 0.191. The second-order valence-electron chi connectivity index (χ2n) is 6.62. The van der Waals surface area contributed by atoms with Crippen molar-refractivity contribution in [2.24, 2.45) is 0 Å². The van der Waals surface area contributed by atoms with Crippen LogP contribution in [0, 0.1) is 10.1 Å². The second kappa shape index (κ2) is 6.88. The average molecular weight is 289 g/mol. The topological polar surface area (TPSA) is 43.1 Å². The van der Waals surface area contributed by atoms with Crippen molar-refractivity contribution < 1.29 is 4.92 Å². The Hall–Kier alpha value is -1.64. The maximum absolute atomic E-state index is 11.0. The van der Waals surface area contributed by atoms with Crippen molar-refractivity contribution in [2.75, 3.05) is 0 Å². The number of nitro groups is 1. The van der Waals surface area contributed by atoms with Crippen LogP contribution in [-0.2, 0) is 0 Å². The third-order valence-electron chi connectivity index (χ3n) is 3.82. The molecule has 1 aromatic carbocycles. The van der Waals surface area contributed by atoms with Crippen LogP contribution >= 0.6 is 0 Å². The SMILES string of the molecule is C/C(=C\c1c(C(C)C)cc(C(C)C)cc1C(C)C)[N+](=O)[O-]. The van der Waals surface area contributed by atoms with E-state index in [4.69, 9.17) is 0 Å². The molecule has 0 N–H and O–H groups in total. The summed E-state index contributed by atoms with van der Waals surface area (Å²) in [5.74, 6) is 1.13. The van der Waals surface area contributed by atoms with Crippen molar-refractivity contribution in [3.63, 3.8) is 0 Å². The molecular weight excluding hydrogens is 262 g/mol. The first-order valence-corrected chi connectivity index (χ1v) is 7.65. The molecule has 0 bridgehead atoms. The highest BCUT2D eigenvalue weighted by molar-refractivity contribution is 5.62. The van der Waals surface area contributed by atoms with E-state index in [1.807, 2.05) is 0 Å². The molecule has 0 radical (unpaired) electrons. The molecule has 0 spiro atoms. The summed E-state index contributed by atoms with van der Waals surface area (Å²) in [7, 11) is 0. The minimum atomic E-state index is -0.315. The van der Waals surface area contributed by atoms with Gasteiger partial charge in [0.05, 0.1) is 4.92 Å². The Bertz CT molecular complexity index is 525. The Kier molecular flexibility index (Phi) is 5.70. The quantitative estimate of drug-likeness (QED) is 0.516. The summed E-state index contributed by atoms with van der Waals surface area (Å²) in [6, 6.07) is 4.42. The maximum atomic E-state index is 11.0. The van der Waals surface area contributed by atoms with Crippen molar-refractivity contribution >= 4 is 6.08 Å². The van der Waals surface area contributed by atoms with Gasteiger partial charge in [-0.1, -0.05) is 53.7 Å². The molecule has 0 atom stereocenters. The molecule has 0 aromatic heterocycles. The summed E-state index contributed by atoms with van der Waals surface area (Å²) in [5, 5.41) is 11.0. The lowest BCUT2D eigenvalue weighted by Gasteiger charge is -2.21. The molecule has 1 rings (SSSR count). The molecule has 0 unspecified atom stereocenters. The lowest BCUT2D eigenvalue weighted by molar-refractivity contribution is -0.422. The Labute approximate surface area is 128 Å². The van der Waals surface area contributed by atoms with E-state index in [-0.39, 0.29) is 10.6 Å². The lowest BCUT2D eigenvalue weighted by atomic mass is 9.84. The number of benzene rings is 1. The summed E-state index contributed by atoms with van der Waals surface area (Å²) in [6.45, 7) is 14.5. The average Bonchev–Trinajstić information content (AvgIpc) is 2.37. The van der Waals surface area contributed by atoms with Crippen LogP contribution in [0.1, 0.15) is 88.5 Å². The van der Waals surface area contributed by atoms with Crippen LogP contribution < -0.4 is 0 Å². The molecule has 3 heteroatoms. The van der Waals surface area contributed by atoms with Gasteiger partial charge in [0.25, 0.3) is 0 Å². The highest BCUT2D eigenvalue weighted by Crippen LogP contribution is 2.33. The van der Waals surface area contributed by atoms with Crippen molar-refractivity contribution in [1.82, 2.24) is 0 Å². The van der Waals surface area contributed by atoms with Crippen LogP contribution in [-0.4, -0.2) is 4.92 Å². The summed E-state index contributed by atoms with van der Waals surface area (Å²) in [6.07, 6.45) is 1.73. The van der Waals surface area contributed by atoms with Gasteiger partial charge in [0.1, 0.15) is 0 Å². The number of hydrogen-bond donors (Lipinski definition) is 0. The van der Waals surface area contributed by atoms with Crippen molar-refractivity contribution in [1.29, 1.82) is 0 Å². The van der Waals surface area contributed by atoms with Gasteiger partial charge in [-0.15, -0.1) is 0 Å². The second-order valence-corrected chi connectivity index (χ2v) is 6.62. The highest BCUT2D eigenvalue weighted by Gasteiger charge is 2.17. The zero-order valence-electron chi connectivity index (χ0n) is 14.2. The number of allylic oxidation sites excluding steroid dienone is 1. The van der Waals surface area contributed by atoms with Gasteiger partial charge >= 0.3 is 0 Å². The third kappa shape index (κ3) is 4.16. The summed E-state index contributed by atoms with van der Waals surface area (Å²) in [5.41, 5.74) is 4.92. The van der Waals surface area contributed by atoms with Crippen LogP contribution in [0.2, 0.25) is 0 Å². The zero-order chi connectivity index (χ0) is 16.3. The standard InChI is InChI=1S/C18H27NO2/c1-11(2)15-9-16(12(3)4)18(8-14(7)19(20)21)17(10-15)13(5)6/h8-13H,1-7H3/b14-8+. The van der Waals surface area contributed by atoms with Gasteiger partial charge in [-0.05, 0) is 40.0 Å². The first-order chi connectivity index (χ1) is 9.65. The Morgan fingerprint density at radius 1 is 1.00 bits per heavy atom. The van der Waals surface area contributed by atoms with Crippen LogP contribution in [0.4, 0.5) is 0 Å². The molecule has 1 aromatic rings. The lowest BCUT2D eigenvalue weighted by Crippen LogP contribution is -2.05. The largest absolute Gasteiger partial charge is 0.259 e. The van der Waals surface area contributed by atoms with Crippen LogP contribution in [0.15, 0.2) is 17.8 Å². The van der Waals surface area contributed by atoms with Crippen LogP contribution in [0.5, 0.6) is 0 Å². The molecule has 3 nitrogen and oxygen atoms in total. The van der Waals surface area contributed by atoms with Crippen molar-refractivity contribution in [3.05, 3.63) is 50.2 Å². The Morgan fingerprint density at radius 3 is 1.71 bits per heavy atom. The van der Waals surface area contributed by atoms with Crippen LogP contribution in [0.25, 0.3) is 6.08 Å². The van der Waals surface area contributed by atoms with E-state index in [0.29, 0.717) is 17.8 Å². The fourth-order valence-electron chi connectivity index (χ4n) is 2.44. The van der Waals surface area contributed by atoms with Gasteiger partial charge in [0.15, 0.2) is 0 Å². The van der Waals surface area contributed by atoms with Gasteiger partial charge in [-0.3, -0.25) is 10.1 Å². The van der Waals surface area contributed by atoms with Gasteiger partial charge in [-0.25, -0.2) is 0 Å². The Morgan fingerprint density at radius 2 is 1.43 bits per heavy atom. The van der Waals surface area contributed by atoms with Gasteiger partial charge in [0.2, 0.25) is 5.70 Å². The van der Waals surface area contributed by atoms with Gasteiger partial charge in [0, 0.05) is 13.0 Å². The molecule has 0 heterocycles. The first kappa shape index (κ1) is 17.4. The molecule has 116 valence electrons. The van der Waals surface area contributed by atoms with E-state index in [1.54, 1.807) is 13.0 Å². The fraction of sp³-hybridized carbons (Fsp3) is 0.556. The normalized spacial score (nSPS) is 12.6. The van der Waals surface area contributed by atoms with E-state index < -0.39 is 0 Å². The molecule has 0 fully saturated rings. The van der Waals surface area contributed by atoms with E-state index in [0.717, 1.165) is 5.56 Å². The predicted molar refractivity (Wildman–Crippen MR) is 89.4 cm³/mol. The molecule has 21 heavy (non-hydrogen) atoms. The fourth-order valence-corrected chi connectivity index (χ4v) is 2.44. The van der Waals surface area contributed by atoms with Crippen LogP contribution in [0.3, 0.4) is 0 Å². The minimum Gasteiger partial charge on any atom is -0.259 e. The molecule has 0 amide bonds. The van der Waals surface area contributed by atoms with E-state index >= 15 is 0 Å². The van der Waals surface area contributed by atoms with E-state index in [2.05, 4.69) is 53.7 Å². The summed E-state index contributed by atoms with van der Waals surface area (Å²) >= 11 is 0. The molecule has 0 saturated carbocycles. The van der Waals surface area contributed by atoms with Gasteiger partial charge < -0.3 is 0 Å². The Balaban J connectivity index is 3.65. The molecule has 0 saturated heterocycles. The van der Waals surface area contributed by atoms with Gasteiger partial charge in [-0.2, -0.15) is 0 Å². The molecule has 0 aliphatic rings. The predicted octanol–water partition coefficient (Wildman–Crippen LogP) is 5.69. The number of rotatable bonds is 5. The summed E-state index contributed by atoms with van der Waals surface area (Å²) in [4.78, 5) is 10.7. The first-order valence-electron chi connectivity index (χ1n) is 7.65. The summed E-state index contributed by atoms with van der Waals surface area (Å²) < 4.78 is 0. The third-order valence-corrected chi connectivity index (χ3v) is 3.82. The molecule has 0 aliphatic carbocycles. The molecular formula is C18H27NO2. The van der Waals surface area contributed by atoms with Crippen molar-refractivity contribution in [2.45, 2.75) is 66.2 Å². The molecule has 0 aliphatic heterocycles.